The fourth-order valence-electron chi connectivity index (χ4n) is 0.731. The van der Waals surface area contributed by atoms with Gasteiger partial charge in [-0.1, -0.05) is 6.92 Å². The van der Waals surface area contributed by atoms with Gasteiger partial charge in [0.1, 0.15) is 16.7 Å². The molecule has 1 rings (SSSR count). The van der Waals surface area contributed by atoms with Crippen molar-refractivity contribution in [1.82, 2.24) is 0 Å². The van der Waals surface area contributed by atoms with Crippen molar-refractivity contribution in [2.45, 2.75) is 31.9 Å². The zero-order valence-electron chi connectivity index (χ0n) is 8.69. The van der Waals surface area contributed by atoms with Crippen LogP contribution in [0.15, 0.2) is 27.2 Å². The number of hydrogen-bond acceptors (Lipinski definition) is 2. The highest BCUT2D eigenvalue weighted by Crippen LogP contribution is 2.17. The van der Waals surface area contributed by atoms with Crippen LogP contribution in [0, 0.1) is 0 Å². The normalized spacial score (nSPS) is 14.8. The van der Waals surface area contributed by atoms with E-state index in [1.165, 1.54) is 6.21 Å². The highest BCUT2D eigenvalue weighted by atomic mass is 32.2. The monoisotopic (exact) mass is 213 g/mol. The lowest BCUT2D eigenvalue weighted by molar-refractivity contribution is 0.560. The third-order valence-electron chi connectivity index (χ3n) is 2.14. The van der Waals surface area contributed by atoms with Crippen molar-refractivity contribution in [3.8, 4) is 0 Å². The lowest BCUT2D eigenvalue weighted by Crippen LogP contribution is -2.23. The Labute approximate surface area is 86.8 Å². The van der Waals surface area contributed by atoms with Gasteiger partial charge in [-0.15, -0.1) is 0 Å². The Morgan fingerprint density at radius 2 is 2.36 bits per heavy atom. The van der Waals surface area contributed by atoms with Crippen molar-refractivity contribution in [2.24, 2.45) is 4.40 Å². The smallest absolute Gasteiger partial charge is 0.145 e. The second-order valence-corrected chi connectivity index (χ2v) is 5.43. The lowest BCUT2D eigenvalue weighted by atomic mass is 10.1. The zero-order valence-corrected chi connectivity index (χ0v) is 9.50. The molecule has 4 heteroatoms. The van der Waals surface area contributed by atoms with E-state index in [1.807, 2.05) is 20.8 Å². The third kappa shape index (κ3) is 2.80. The minimum Gasteiger partial charge on any atom is -0.463 e. The maximum atomic E-state index is 11.7. The van der Waals surface area contributed by atoms with E-state index in [0.29, 0.717) is 5.76 Å². The van der Waals surface area contributed by atoms with Gasteiger partial charge in [0.2, 0.25) is 0 Å². The molecule has 1 unspecified atom stereocenters. The van der Waals surface area contributed by atoms with Crippen LogP contribution in [0.1, 0.15) is 33.0 Å². The Balaban J connectivity index is 2.66. The SMILES string of the molecule is CCC(C)(C)S(=O)N=Cc1ccco1. The zero-order chi connectivity index (χ0) is 10.6. The van der Waals surface area contributed by atoms with E-state index in [9.17, 15) is 4.21 Å². The molecular formula is C10H15NO2S. The molecule has 0 spiro atoms. The summed E-state index contributed by atoms with van der Waals surface area (Å²) in [5.41, 5.74) is 0. The molecular weight excluding hydrogens is 198 g/mol. The Hall–Kier alpha value is -0.900. The Morgan fingerprint density at radius 3 is 2.86 bits per heavy atom. The first-order valence-electron chi connectivity index (χ1n) is 4.56. The number of hydrogen-bond donors (Lipinski definition) is 0. The van der Waals surface area contributed by atoms with Gasteiger partial charge >= 0.3 is 0 Å². The van der Waals surface area contributed by atoms with Crippen LogP contribution in [0.5, 0.6) is 0 Å². The summed E-state index contributed by atoms with van der Waals surface area (Å²) >= 11 is 0. The maximum absolute atomic E-state index is 11.7. The van der Waals surface area contributed by atoms with Gasteiger partial charge in [-0.2, -0.15) is 4.40 Å². The molecule has 1 aromatic heterocycles. The lowest BCUT2D eigenvalue weighted by Gasteiger charge is -2.17. The van der Waals surface area contributed by atoms with Crippen LogP contribution < -0.4 is 0 Å². The summed E-state index contributed by atoms with van der Waals surface area (Å²) in [7, 11) is -1.21. The van der Waals surface area contributed by atoms with Crippen molar-refractivity contribution >= 4 is 17.2 Å². The molecule has 14 heavy (non-hydrogen) atoms. The summed E-state index contributed by atoms with van der Waals surface area (Å²) in [6, 6.07) is 3.55. The Morgan fingerprint density at radius 1 is 1.64 bits per heavy atom. The molecule has 0 radical (unpaired) electrons. The largest absolute Gasteiger partial charge is 0.463 e. The molecule has 0 saturated heterocycles. The van der Waals surface area contributed by atoms with E-state index < -0.39 is 11.0 Å². The molecule has 0 aromatic carbocycles. The number of nitrogens with zero attached hydrogens (tertiary/aromatic N) is 1. The third-order valence-corrected chi connectivity index (χ3v) is 3.67. The highest BCUT2D eigenvalue weighted by molar-refractivity contribution is 7.85. The molecule has 0 aliphatic heterocycles. The van der Waals surface area contributed by atoms with Crippen LogP contribution in [0.2, 0.25) is 0 Å². The molecule has 0 N–H and O–H groups in total. The standard InChI is InChI=1S/C10H15NO2S/c1-4-10(2,3)14(12)11-8-9-6-5-7-13-9/h5-8H,4H2,1-3H3. The summed E-state index contributed by atoms with van der Waals surface area (Å²) in [6.07, 6.45) is 3.90. The highest BCUT2D eigenvalue weighted by Gasteiger charge is 2.22. The van der Waals surface area contributed by atoms with Crippen molar-refractivity contribution in [2.75, 3.05) is 0 Å². The molecule has 0 fully saturated rings. The second kappa shape index (κ2) is 4.55. The van der Waals surface area contributed by atoms with E-state index >= 15 is 0 Å². The van der Waals surface area contributed by atoms with Crippen LogP contribution in [0.3, 0.4) is 0 Å². The molecule has 1 heterocycles. The van der Waals surface area contributed by atoms with Crippen LogP contribution in [0.4, 0.5) is 0 Å². The first-order chi connectivity index (χ1) is 6.56. The van der Waals surface area contributed by atoms with Gasteiger partial charge in [-0.3, -0.25) is 0 Å². The van der Waals surface area contributed by atoms with Crippen LogP contribution in [-0.2, 0) is 11.0 Å². The van der Waals surface area contributed by atoms with Crippen molar-refractivity contribution in [3.05, 3.63) is 24.2 Å². The summed E-state index contributed by atoms with van der Waals surface area (Å²) in [5.74, 6) is 0.630. The number of furan rings is 1. The Kier molecular flexibility index (Phi) is 3.63. The molecule has 3 nitrogen and oxygen atoms in total. The molecule has 0 saturated carbocycles. The molecule has 1 atom stereocenters. The van der Waals surface area contributed by atoms with Crippen LogP contribution in [0.25, 0.3) is 0 Å². The summed E-state index contributed by atoms with van der Waals surface area (Å²) in [4.78, 5) is 0. The second-order valence-electron chi connectivity index (χ2n) is 3.61. The topological polar surface area (TPSA) is 42.6 Å². The first kappa shape index (κ1) is 11.2. The van der Waals surface area contributed by atoms with Gasteiger partial charge in [0.25, 0.3) is 0 Å². The quantitative estimate of drug-likeness (QED) is 0.721. The predicted molar refractivity (Wildman–Crippen MR) is 58.8 cm³/mol. The van der Waals surface area contributed by atoms with E-state index in [0.717, 1.165) is 6.42 Å². The summed E-state index contributed by atoms with van der Waals surface area (Å²) < 4.78 is 20.4. The van der Waals surface area contributed by atoms with Crippen molar-refractivity contribution < 1.29 is 8.63 Å². The van der Waals surface area contributed by atoms with Crippen LogP contribution in [-0.4, -0.2) is 15.2 Å². The van der Waals surface area contributed by atoms with E-state index in [4.69, 9.17) is 4.42 Å². The van der Waals surface area contributed by atoms with E-state index in [2.05, 4.69) is 4.40 Å². The summed E-state index contributed by atoms with van der Waals surface area (Å²) in [5, 5.41) is 0. The number of rotatable bonds is 4. The van der Waals surface area contributed by atoms with E-state index in [-0.39, 0.29) is 4.75 Å². The van der Waals surface area contributed by atoms with Gasteiger partial charge in [0, 0.05) is 0 Å². The maximum Gasteiger partial charge on any atom is 0.145 e. The van der Waals surface area contributed by atoms with Crippen molar-refractivity contribution in [3.63, 3.8) is 0 Å². The molecule has 1 aromatic rings. The van der Waals surface area contributed by atoms with Crippen molar-refractivity contribution in [1.29, 1.82) is 0 Å². The minimum absolute atomic E-state index is 0.275. The molecule has 78 valence electrons. The molecule has 0 aliphatic rings. The molecule has 0 amide bonds. The van der Waals surface area contributed by atoms with Gasteiger partial charge < -0.3 is 4.42 Å². The van der Waals surface area contributed by atoms with Gasteiger partial charge in [-0.05, 0) is 32.4 Å². The fourth-order valence-corrected chi connectivity index (χ4v) is 1.46. The molecule has 0 aliphatic carbocycles. The molecule has 0 bridgehead atoms. The van der Waals surface area contributed by atoms with Gasteiger partial charge in [0.15, 0.2) is 0 Å². The van der Waals surface area contributed by atoms with Gasteiger partial charge in [0.05, 0.1) is 17.2 Å². The van der Waals surface area contributed by atoms with Gasteiger partial charge in [-0.25, -0.2) is 4.21 Å². The average molecular weight is 213 g/mol. The van der Waals surface area contributed by atoms with Crippen LogP contribution >= 0.6 is 0 Å². The average Bonchev–Trinajstić information content (AvgIpc) is 2.66. The Bertz CT molecular complexity index is 328. The van der Waals surface area contributed by atoms with E-state index in [1.54, 1.807) is 18.4 Å². The minimum atomic E-state index is -1.21. The summed E-state index contributed by atoms with van der Waals surface area (Å²) in [6.45, 7) is 5.87. The fraction of sp³-hybridized carbons (Fsp3) is 0.500. The predicted octanol–water partition coefficient (Wildman–Crippen LogP) is 2.55. The first-order valence-corrected chi connectivity index (χ1v) is 5.66.